The lowest BCUT2D eigenvalue weighted by Crippen LogP contribution is -2.36. The molecule has 1 unspecified atom stereocenters. The number of piperidine rings is 1. The van der Waals surface area contributed by atoms with E-state index >= 15 is 0 Å². The summed E-state index contributed by atoms with van der Waals surface area (Å²) in [4.78, 5) is 22.8. The van der Waals surface area contributed by atoms with E-state index in [4.69, 9.17) is 21.4 Å². The number of aliphatic hydroxyl groups is 1. The van der Waals surface area contributed by atoms with Crippen LogP contribution in [0.4, 0.5) is 10.3 Å². The van der Waals surface area contributed by atoms with Gasteiger partial charge >= 0.3 is 0 Å². The maximum atomic E-state index is 14.4. The monoisotopic (exact) mass is 490 g/mol. The van der Waals surface area contributed by atoms with Gasteiger partial charge in [0, 0.05) is 25.2 Å². The Morgan fingerprint density at radius 3 is 2.74 bits per heavy atom. The molecule has 1 aliphatic carbocycles. The third-order valence-electron chi connectivity index (χ3n) is 6.83. The topological polar surface area (TPSA) is 87.6 Å². The molecule has 0 spiro atoms. The van der Waals surface area contributed by atoms with Crippen molar-refractivity contribution < 1.29 is 19.0 Å². The van der Waals surface area contributed by atoms with Crippen LogP contribution in [0.3, 0.4) is 0 Å². The number of nitrogens with zero attached hydrogens (tertiary/aromatic N) is 3. The fraction of sp³-hybridized carbons (Fsp3) is 0.560. The molecule has 4 rings (SSSR count). The second-order valence-electron chi connectivity index (χ2n) is 9.40. The lowest BCUT2D eigenvalue weighted by molar-refractivity contribution is -0.121. The van der Waals surface area contributed by atoms with Crippen LogP contribution < -0.4 is 15.0 Å². The van der Waals surface area contributed by atoms with Crippen LogP contribution in [0, 0.1) is 23.6 Å². The van der Waals surface area contributed by atoms with Gasteiger partial charge in [-0.2, -0.15) is 0 Å². The van der Waals surface area contributed by atoms with E-state index < -0.39 is 5.82 Å². The lowest BCUT2D eigenvalue weighted by atomic mass is 9.90. The third kappa shape index (κ3) is 6.57. The van der Waals surface area contributed by atoms with Gasteiger partial charge in [0.25, 0.3) is 0 Å². The van der Waals surface area contributed by atoms with Crippen molar-refractivity contribution in [2.24, 2.45) is 17.8 Å². The van der Waals surface area contributed by atoms with Crippen LogP contribution in [0.5, 0.6) is 5.75 Å². The van der Waals surface area contributed by atoms with Crippen LogP contribution in [0.15, 0.2) is 30.6 Å². The predicted octanol–water partition coefficient (Wildman–Crippen LogP) is 3.63. The number of halogens is 2. The third-order valence-corrected chi connectivity index (χ3v) is 7.02. The van der Waals surface area contributed by atoms with Crippen LogP contribution in [-0.4, -0.2) is 53.3 Å². The Balaban J connectivity index is 1.16. The van der Waals surface area contributed by atoms with Gasteiger partial charge in [0.05, 0.1) is 37.1 Å². The summed E-state index contributed by atoms with van der Waals surface area (Å²) in [5.41, 5.74) is 0.313. The quantitative estimate of drug-likeness (QED) is 0.529. The van der Waals surface area contributed by atoms with Crippen molar-refractivity contribution in [1.29, 1.82) is 0 Å². The molecular weight excluding hydrogens is 459 g/mol. The SMILES string of the molecule is CC(CO)NC(=O)Cc1ccc(OCC[C@@H]2C[C@@H]2C2CCN(c3ncc(Cl)cn3)CC2)cc1F. The van der Waals surface area contributed by atoms with Gasteiger partial charge < -0.3 is 20.1 Å². The van der Waals surface area contributed by atoms with E-state index in [-0.39, 0.29) is 25.0 Å². The van der Waals surface area contributed by atoms with E-state index in [0.717, 1.165) is 50.1 Å². The van der Waals surface area contributed by atoms with Crippen molar-refractivity contribution in [3.8, 4) is 5.75 Å². The zero-order valence-electron chi connectivity index (χ0n) is 19.4. The minimum atomic E-state index is -0.454. The Morgan fingerprint density at radius 2 is 2.06 bits per heavy atom. The van der Waals surface area contributed by atoms with Crippen molar-refractivity contribution >= 4 is 23.5 Å². The molecule has 184 valence electrons. The van der Waals surface area contributed by atoms with Crippen LogP contribution in [0.25, 0.3) is 0 Å². The second-order valence-corrected chi connectivity index (χ2v) is 9.84. The van der Waals surface area contributed by atoms with Gasteiger partial charge in [0.1, 0.15) is 11.6 Å². The number of aliphatic hydroxyl groups excluding tert-OH is 1. The highest BCUT2D eigenvalue weighted by Gasteiger charge is 2.43. The lowest BCUT2D eigenvalue weighted by Gasteiger charge is -2.32. The van der Waals surface area contributed by atoms with E-state index in [1.165, 1.54) is 12.5 Å². The first-order valence-corrected chi connectivity index (χ1v) is 12.3. The van der Waals surface area contributed by atoms with Crippen LogP contribution in [-0.2, 0) is 11.2 Å². The van der Waals surface area contributed by atoms with Gasteiger partial charge in [-0.25, -0.2) is 14.4 Å². The zero-order chi connectivity index (χ0) is 24.1. The van der Waals surface area contributed by atoms with Crippen molar-refractivity contribution in [3.05, 3.63) is 47.0 Å². The number of hydrogen-bond acceptors (Lipinski definition) is 6. The van der Waals surface area contributed by atoms with E-state index in [2.05, 4.69) is 20.2 Å². The number of benzene rings is 1. The molecule has 2 fully saturated rings. The Bertz CT molecular complexity index is 969. The van der Waals surface area contributed by atoms with Gasteiger partial charge in [-0.15, -0.1) is 0 Å². The van der Waals surface area contributed by atoms with Crippen molar-refractivity contribution in [1.82, 2.24) is 15.3 Å². The minimum Gasteiger partial charge on any atom is -0.493 e. The highest BCUT2D eigenvalue weighted by Crippen LogP contribution is 2.49. The van der Waals surface area contributed by atoms with E-state index in [1.807, 2.05) is 0 Å². The molecule has 0 radical (unpaired) electrons. The fourth-order valence-electron chi connectivity index (χ4n) is 4.81. The Morgan fingerprint density at radius 1 is 1.32 bits per heavy atom. The zero-order valence-corrected chi connectivity index (χ0v) is 20.2. The molecular formula is C25H32ClFN4O3. The molecule has 9 heteroatoms. The molecule has 2 aromatic rings. The van der Waals surface area contributed by atoms with Crippen LogP contribution >= 0.6 is 11.6 Å². The van der Waals surface area contributed by atoms with E-state index in [0.29, 0.717) is 28.9 Å². The number of ether oxygens (including phenoxy) is 1. The number of carbonyl (C=O) groups excluding carboxylic acids is 1. The number of amides is 1. The number of carbonyl (C=O) groups is 1. The summed E-state index contributed by atoms with van der Waals surface area (Å²) in [7, 11) is 0. The summed E-state index contributed by atoms with van der Waals surface area (Å²) < 4.78 is 20.2. The van der Waals surface area contributed by atoms with Crippen molar-refractivity contribution in [2.75, 3.05) is 31.2 Å². The van der Waals surface area contributed by atoms with Gasteiger partial charge in [-0.1, -0.05) is 17.7 Å². The average molecular weight is 491 g/mol. The standard InChI is InChI=1S/C25H32ClFN4O3/c1-16(15-32)30-24(33)11-19-2-3-21(12-23(19)27)34-9-6-18-10-22(18)17-4-7-31(8-5-17)25-28-13-20(26)14-29-25/h2-3,12-14,16-18,22,32H,4-11,15H2,1H3,(H,30,33)/t16?,18-,22-/m1/s1. The molecule has 2 heterocycles. The molecule has 34 heavy (non-hydrogen) atoms. The van der Waals surface area contributed by atoms with Crippen molar-refractivity contribution in [2.45, 2.75) is 45.1 Å². The van der Waals surface area contributed by atoms with Gasteiger partial charge in [0.15, 0.2) is 0 Å². The minimum absolute atomic E-state index is 0.0663. The molecule has 2 N–H and O–H groups in total. The predicted molar refractivity (Wildman–Crippen MR) is 128 cm³/mol. The molecule has 0 bridgehead atoms. The highest BCUT2D eigenvalue weighted by molar-refractivity contribution is 6.30. The number of nitrogens with one attached hydrogen (secondary N) is 1. The number of hydrogen-bond donors (Lipinski definition) is 2. The summed E-state index contributed by atoms with van der Waals surface area (Å²) in [6.07, 6.45) is 7.71. The summed E-state index contributed by atoms with van der Waals surface area (Å²) in [6, 6.07) is 4.29. The first-order valence-electron chi connectivity index (χ1n) is 12.0. The smallest absolute Gasteiger partial charge is 0.225 e. The number of rotatable bonds is 10. The Labute approximate surface area is 204 Å². The van der Waals surface area contributed by atoms with Crippen molar-refractivity contribution in [3.63, 3.8) is 0 Å². The molecule has 1 saturated heterocycles. The Kier molecular flexibility index (Phi) is 8.21. The van der Waals surface area contributed by atoms with Gasteiger partial charge in [-0.3, -0.25) is 4.79 Å². The molecule has 7 nitrogen and oxygen atoms in total. The first-order chi connectivity index (χ1) is 16.4. The molecule has 1 aromatic heterocycles. The van der Waals surface area contributed by atoms with Crippen LogP contribution in [0.1, 0.15) is 38.2 Å². The summed E-state index contributed by atoms with van der Waals surface area (Å²) in [6.45, 7) is 4.03. The molecule has 1 aliphatic heterocycles. The highest BCUT2D eigenvalue weighted by atomic mass is 35.5. The van der Waals surface area contributed by atoms with Gasteiger partial charge in [0.2, 0.25) is 11.9 Å². The molecule has 1 saturated carbocycles. The normalized spacial score (nSPS) is 21.2. The summed E-state index contributed by atoms with van der Waals surface area (Å²) >= 11 is 5.88. The Hall–Kier alpha value is -2.45. The first kappa shape index (κ1) is 24.7. The maximum Gasteiger partial charge on any atom is 0.225 e. The molecule has 3 atom stereocenters. The number of aromatic nitrogens is 2. The van der Waals surface area contributed by atoms with Gasteiger partial charge in [-0.05, 0) is 62.0 Å². The maximum absolute atomic E-state index is 14.4. The van der Waals surface area contributed by atoms with E-state index in [1.54, 1.807) is 31.5 Å². The summed E-state index contributed by atoms with van der Waals surface area (Å²) in [5.74, 6) is 2.61. The molecule has 1 amide bonds. The van der Waals surface area contributed by atoms with Crippen LogP contribution in [0.2, 0.25) is 5.02 Å². The second kappa shape index (κ2) is 11.3. The fourth-order valence-corrected chi connectivity index (χ4v) is 4.91. The number of anilines is 1. The van der Waals surface area contributed by atoms with E-state index in [9.17, 15) is 9.18 Å². The molecule has 2 aliphatic rings. The largest absolute Gasteiger partial charge is 0.493 e. The average Bonchev–Trinajstić information content (AvgIpc) is 3.61. The molecule has 1 aromatic carbocycles. The summed E-state index contributed by atoms with van der Waals surface area (Å²) in [5, 5.41) is 12.2.